The molecule has 0 aliphatic rings. The second kappa shape index (κ2) is 6.26. The lowest BCUT2D eigenvalue weighted by atomic mass is 10.1. The topological polar surface area (TPSA) is 73.1 Å². The molecular weight excluding hydrogens is 284 g/mol. The van der Waals surface area contributed by atoms with Gasteiger partial charge in [-0.1, -0.05) is 22.9 Å². The van der Waals surface area contributed by atoms with E-state index in [2.05, 4.69) is 27.3 Å². The van der Waals surface area contributed by atoms with Crippen molar-refractivity contribution in [3.63, 3.8) is 0 Å². The lowest BCUT2D eigenvalue weighted by Gasteiger charge is -2.13. The summed E-state index contributed by atoms with van der Waals surface area (Å²) in [6, 6.07) is 7.30. The molecular formula is C12H13BrN2O2. The third-order valence-corrected chi connectivity index (χ3v) is 2.98. The van der Waals surface area contributed by atoms with Crippen molar-refractivity contribution in [1.82, 2.24) is 0 Å². The third-order valence-electron chi connectivity index (χ3n) is 2.48. The van der Waals surface area contributed by atoms with Crippen LogP contribution in [0.15, 0.2) is 22.7 Å². The number of carboxylic acids is 1. The normalized spacial score (nSPS) is 11.6. The molecule has 1 aromatic rings. The Morgan fingerprint density at radius 3 is 2.88 bits per heavy atom. The van der Waals surface area contributed by atoms with Gasteiger partial charge in [-0.05, 0) is 24.6 Å². The van der Waals surface area contributed by atoms with Gasteiger partial charge in [0.2, 0.25) is 0 Å². The number of carboxylic acid groups (broad SMARTS) is 1. The van der Waals surface area contributed by atoms with Crippen molar-refractivity contribution >= 4 is 27.6 Å². The second-order valence-corrected chi connectivity index (χ2v) is 4.54. The molecule has 0 fully saturated rings. The molecule has 0 saturated carbocycles. The number of aliphatic carboxylic acids is 1. The first kappa shape index (κ1) is 13.5. The van der Waals surface area contributed by atoms with E-state index in [4.69, 9.17) is 10.4 Å². The van der Waals surface area contributed by atoms with Crippen LogP contribution in [0.3, 0.4) is 0 Å². The number of nitriles is 1. The van der Waals surface area contributed by atoms with Gasteiger partial charge < -0.3 is 10.4 Å². The van der Waals surface area contributed by atoms with Crippen molar-refractivity contribution in [3.8, 4) is 6.07 Å². The zero-order chi connectivity index (χ0) is 12.8. The fraction of sp³-hybridized carbons (Fsp3) is 0.333. The van der Waals surface area contributed by atoms with Crippen LogP contribution in [0.1, 0.15) is 18.9 Å². The Morgan fingerprint density at radius 1 is 1.65 bits per heavy atom. The molecule has 0 saturated heterocycles. The zero-order valence-electron chi connectivity index (χ0n) is 9.40. The van der Waals surface area contributed by atoms with E-state index in [0.29, 0.717) is 24.2 Å². The van der Waals surface area contributed by atoms with E-state index < -0.39 is 11.9 Å². The monoisotopic (exact) mass is 296 g/mol. The predicted octanol–water partition coefficient (Wildman–Crippen LogP) is 2.84. The molecule has 2 N–H and O–H groups in total. The van der Waals surface area contributed by atoms with Crippen LogP contribution in [0.4, 0.5) is 5.69 Å². The number of rotatable bonds is 5. The molecule has 0 aliphatic heterocycles. The molecule has 1 rings (SSSR count). The summed E-state index contributed by atoms with van der Waals surface area (Å²) in [4.78, 5) is 10.9. The van der Waals surface area contributed by atoms with Crippen LogP contribution in [0, 0.1) is 17.2 Å². The van der Waals surface area contributed by atoms with Crippen LogP contribution in [0.5, 0.6) is 0 Å². The van der Waals surface area contributed by atoms with Gasteiger partial charge in [-0.15, -0.1) is 0 Å². The van der Waals surface area contributed by atoms with Crippen LogP contribution in [0.25, 0.3) is 0 Å². The van der Waals surface area contributed by atoms with Gasteiger partial charge in [-0.3, -0.25) is 4.79 Å². The number of nitrogens with one attached hydrogen (secondary N) is 1. The van der Waals surface area contributed by atoms with Gasteiger partial charge >= 0.3 is 5.97 Å². The number of hydrogen-bond donors (Lipinski definition) is 2. The average molecular weight is 297 g/mol. The van der Waals surface area contributed by atoms with Crippen molar-refractivity contribution in [2.45, 2.75) is 13.3 Å². The summed E-state index contributed by atoms with van der Waals surface area (Å²) in [7, 11) is 0. The molecule has 4 nitrogen and oxygen atoms in total. The number of anilines is 1. The fourth-order valence-corrected chi connectivity index (χ4v) is 1.76. The summed E-state index contributed by atoms with van der Waals surface area (Å²) in [6.45, 7) is 2.14. The number of carbonyl (C=O) groups is 1. The predicted molar refractivity (Wildman–Crippen MR) is 68.8 cm³/mol. The van der Waals surface area contributed by atoms with Crippen molar-refractivity contribution in [1.29, 1.82) is 5.26 Å². The summed E-state index contributed by atoms with van der Waals surface area (Å²) in [5.41, 5.74) is 1.16. The first-order valence-corrected chi connectivity index (χ1v) is 6.04. The summed E-state index contributed by atoms with van der Waals surface area (Å²) in [6.07, 6.45) is 0.554. The van der Waals surface area contributed by atoms with Gasteiger partial charge in [-0.25, -0.2) is 0 Å². The smallest absolute Gasteiger partial charge is 0.308 e. The molecule has 5 heteroatoms. The van der Waals surface area contributed by atoms with E-state index in [1.165, 1.54) is 0 Å². The highest BCUT2D eigenvalue weighted by atomic mass is 79.9. The summed E-state index contributed by atoms with van der Waals surface area (Å²) < 4.78 is 0.849. The Morgan fingerprint density at radius 2 is 2.35 bits per heavy atom. The van der Waals surface area contributed by atoms with Crippen LogP contribution in [0.2, 0.25) is 0 Å². The number of nitrogens with zero attached hydrogens (tertiary/aromatic N) is 1. The number of hydrogen-bond acceptors (Lipinski definition) is 3. The summed E-state index contributed by atoms with van der Waals surface area (Å²) >= 11 is 3.31. The minimum atomic E-state index is -0.825. The maximum Gasteiger partial charge on any atom is 0.308 e. The summed E-state index contributed by atoms with van der Waals surface area (Å²) in [5, 5.41) is 20.8. The second-order valence-electron chi connectivity index (χ2n) is 3.63. The molecule has 0 aliphatic carbocycles. The van der Waals surface area contributed by atoms with Gasteiger partial charge in [0.05, 0.1) is 17.2 Å². The van der Waals surface area contributed by atoms with Gasteiger partial charge in [-0.2, -0.15) is 5.26 Å². The van der Waals surface area contributed by atoms with Crippen molar-refractivity contribution in [2.75, 3.05) is 11.9 Å². The first-order valence-electron chi connectivity index (χ1n) is 5.24. The van der Waals surface area contributed by atoms with Crippen molar-refractivity contribution in [3.05, 3.63) is 28.2 Å². The minimum Gasteiger partial charge on any atom is -0.481 e. The van der Waals surface area contributed by atoms with Crippen LogP contribution in [-0.4, -0.2) is 17.6 Å². The van der Waals surface area contributed by atoms with E-state index >= 15 is 0 Å². The largest absolute Gasteiger partial charge is 0.481 e. The number of benzene rings is 1. The van der Waals surface area contributed by atoms with E-state index in [9.17, 15) is 4.79 Å². The van der Waals surface area contributed by atoms with Crippen LogP contribution < -0.4 is 5.32 Å². The van der Waals surface area contributed by atoms with E-state index in [0.717, 1.165) is 4.47 Å². The molecule has 90 valence electrons. The highest BCUT2D eigenvalue weighted by Gasteiger charge is 2.15. The molecule has 0 heterocycles. The molecule has 1 atom stereocenters. The standard InChI is InChI=1S/C12H13BrN2O2/c1-2-8(12(16)17)7-15-11-5-10(13)4-3-9(11)6-14/h3-5,8,15H,2,7H2,1H3,(H,16,17). The zero-order valence-corrected chi connectivity index (χ0v) is 11.0. The molecule has 0 spiro atoms. The number of halogens is 1. The van der Waals surface area contributed by atoms with Crippen LogP contribution in [-0.2, 0) is 4.79 Å². The van der Waals surface area contributed by atoms with E-state index in [1.807, 2.05) is 6.92 Å². The Hall–Kier alpha value is -1.54. The molecule has 0 bridgehead atoms. The molecule has 17 heavy (non-hydrogen) atoms. The first-order chi connectivity index (χ1) is 8.08. The van der Waals surface area contributed by atoms with Gasteiger partial charge in [0.15, 0.2) is 0 Å². The molecule has 1 aromatic carbocycles. The minimum absolute atomic E-state index is 0.316. The molecule has 1 unspecified atom stereocenters. The van der Waals surface area contributed by atoms with E-state index in [1.54, 1.807) is 18.2 Å². The quantitative estimate of drug-likeness (QED) is 0.876. The fourth-order valence-electron chi connectivity index (χ4n) is 1.40. The highest BCUT2D eigenvalue weighted by molar-refractivity contribution is 9.10. The third kappa shape index (κ3) is 3.75. The summed E-state index contributed by atoms with van der Waals surface area (Å²) in [5.74, 6) is -1.27. The van der Waals surface area contributed by atoms with Crippen molar-refractivity contribution < 1.29 is 9.90 Å². The Labute approximate surface area is 108 Å². The van der Waals surface area contributed by atoms with Gasteiger partial charge in [0.25, 0.3) is 0 Å². The molecule has 0 amide bonds. The van der Waals surface area contributed by atoms with Crippen molar-refractivity contribution in [2.24, 2.45) is 5.92 Å². The molecule has 0 radical (unpaired) electrons. The van der Waals surface area contributed by atoms with E-state index in [-0.39, 0.29) is 0 Å². The Bertz CT molecular complexity index is 454. The van der Waals surface area contributed by atoms with Crippen LogP contribution >= 0.6 is 15.9 Å². The maximum atomic E-state index is 10.9. The Kier molecular flexibility index (Phi) is 4.98. The molecule has 0 aromatic heterocycles. The lowest BCUT2D eigenvalue weighted by Crippen LogP contribution is -2.22. The lowest BCUT2D eigenvalue weighted by molar-refractivity contribution is -0.141. The Balaban J connectivity index is 2.78. The van der Waals surface area contributed by atoms with Gasteiger partial charge in [0.1, 0.15) is 6.07 Å². The SMILES string of the molecule is CCC(CNc1cc(Br)ccc1C#N)C(=O)O. The average Bonchev–Trinajstić information content (AvgIpc) is 2.29. The highest BCUT2D eigenvalue weighted by Crippen LogP contribution is 2.21. The maximum absolute atomic E-state index is 10.9. The van der Waals surface area contributed by atoms with Gasteiger partial charge in [0, 0.05) is 11.0 Å².